The van der Waals surface area contributed by atoms with Crippen LogP contribution in [0.1, 0.15) is 4.88 Å². The van der Waals surface area contributed by atoms with Crippen LogP contribution in [0.5, 0.6) is 11.5 Å². The minimum atomic E-state index is -0.263. The van der Waals surface area contributed by atoms with Crippen molar-refractivity contribution in [2.75, 3.05) is 18.5 Å². The second kappa shape index (κ2) is 5.83. The summed E-state index contributed by atoms with van der Waals surface area (Å²) in [6.45, 7) is 1.53. The molecule has 0 bridgehead atoms. The third-order valence-electron chi connectivity index (χ3n) is 2.82. The van der Waals surface area contributed by atoms with Crippen molar-refractivity contribution < 1.29 is 14.3 Å². The molecule has 0 spiro atoms. The Morgan fingerprint density at radius 1 is 1.20 bits per heavy atom. The first-order chi connectivity index (χ1) is 9.83. The summed E-state index contributed by atoms with van der Waals surface area (Å²) in [5, 5.41) is 7.57. The number of para-hydroxylation sites is 1. The largest absolute Gasteiger partial charge is 0.486 e. The van der Waals surface area contributed by atoms with Crippen LogP contribution in [0.3, 0.4) is 0 Å². The van der Waals surface area contributed by atoms with Crippen molar-refractivity contribution >= 4 is 23.1 Å². The molecule has 2 aromatic rings. The van der Waals surface area contributed by atoms with Gasteiger partial charge in [0.25, 0.3) is 0 Å². The molecule has 2 amide bonds. The quantitative estimate of drug-likeness (QED) is 0.914. The third kappa shape index (κ3) is 2.85. The van der Waals surface area contributed by atoms with Gasteiger partial charge in [0.1, 0.15) is 13.2 Å². The Bertz CT molecular complexity index is 598. The van der Waals surface area contributed by atoms with Gasteiger partial charge in [0.2, 0.25) is 0 Å². The van der Waals surface area contributed by atoms with Crippen molar-refractivity contribution in [2.24, 2.45) is 0 Å². The highest BCUT2D eigenvalue weighted by Gasteiger charge is 2.16. The maximum absolute atomic E-state index is 11.9. The number of anilines is 1. The predicted molar refractivity (Wildman–Crippen MR) is 77.6 cm³/mol. The van der Waals surface area contributed by atoms with E-state index in [-0.39, 0.29) is 6.03 Å². The van der Waals surface area contributed by atoms with Gasteiger partial charge in [0, 0.05) is 4.88 Å². The lowest BCUT2D eigenvalue weighted by molar-refractivity contribution is 0.172. The minimum Gasteiger partial charge on any atom is -0.486 e. The molecule has 6 heteroatoms. The molecule has 0 radical (unpaired) electrons. The number of benzene rings is 1. The van der Waals surface area contributed by atoms with Gasteiger partial charge in [-0.15, -0.1) is 11.3 Å². The summed E-state index contributed by atoms with van der Waals surface area (Å²) in [5.74, 6) is 1.25. The summed E-state index contributed by atoms with van der Waals surface area (Å²) in [4.78, 5) is 13.0. The number of carbonyl (C=O) groups excluding carboxylic acids is 1. The normalized spacial score (nSPS) is 12.8. The minimum absolute atomic E-state index is 0.263. The number of urea groups is 1. The van der Waals surface area contributed by atoms with Gasteiger partial charge in [0.15, 0.2) is 11.5 Å². The lowest BCUT2D eigenvalue weighted by atomic mass is 10.2. The van der Waals surface area contributed by atoms with Gasteiger partial charge in [-0.25, -0.2) is 4.79 Å². The summed E-state index contributed by atoms with van der Waals surface area (Å²) in [6, 6.07) is 9.11. The van der Waals surface area contributed by atoms with E-state index < -0.39 is 0 Å². The van der Waals surface area contributed by atoms with Gasteiger partial charge in [-0.05, 0) is 23.6 Å². The highest BCUT2D eigenvalue weighted by molar-refractivity contribution is 7.09. The maximum atomic E-state index is 11.9. The van der Waals surface area contributed by atoms with E-state index in [1.54, 1.807) is 17.4 Å². The van der Waals surface area contributed by atoms with Gasteiger partial charge in [-0.1, -0.05) is 12.1 Å². The molecule has 0 unspecified atom stereocenters. The zero-order valence-electron chi connectivity index (χ0n) is 10.7. The molecule has 1 aliphatic rings. The fourth-order valence-electron chi connectivity index (χ4n) is 1.92. The first kappa shape index (κ1) is 12.8. The molecule has 0 saturated heterocycles. The van der Waals surface area contributed by atoms with Crippen LogP contribution in [0, 0.1) is 0 Å². The number of ether oxygens (including phenoxy) is 2. The first-order valence-electron chi connectivity index (χ1n) is 6.29. The molecule has 1 aromatic heterocycles. The molecule has 1 aliphatic heterocycles. The van der Waals surface area contributed by atoms with Crippen LogP contribution in [0.2, 0.25) is 0 Å². The van der Waals surface area contributed by atoms with Crippen LogP contribution >= 0.6 is 11.3 Å². The van der Waals surface area contributed by atoms with Crippen molar-refractivity contribution in [2.45, 2.75) is 6.54 Å². The molecule has 20 heavy (non-hydrogen) atoms. The molecule has 0 fully saturated rings. The first-order valence-corrected chi connectivity index (χ1v) is 7.17. The number of hydrogen-bond donors (Lipinski definition) is 2. The standard InChI is InChI=1S/C14H14N2O3S/c17-14(15-9-10-3-2-8-20-10)16-11-4-1-5-12-13(11)19-7-6-18-12/h1-5,8H,6-7,9H2,(H2,15,16,17). The van der Waals surface area contributed by atoms with Crippen molar-refractivity contribution in [1.82, 2.24) is 5.32 Å². The molecule has 0 atom stereocenters. The number of nitrogens with one attached hydrogen (secondary N) is 2. The number of fused-ring (bicyclic) bond motifs is 1. The molecule has 3 rings (SSSR count). The van der Waals surface area contributed by atoms with Gasteiger partial charge in [0.05, 0.1) is 12.2 Å². The molecular formula is C14H14N2O3S. The Kier molecular flexibility index (Phi) is 3.73. The van der Waals surface area contributed by atoms with E-state index in [0.717, 1.165) is 4.88 Å². The Morgan fingerprint density at radius 3 is 2.95 bits per heavy atom. The smallest absolute Gasteiger partial charge is 0.319 e. The Morgan fingerprint density at radius 2 is 2.10 bits per heavy atom. The lowest BCUT2D eigenvalue weighted by Gasteiger charge is -2.21. The van der Waals surface area contributed by atoms with E-state index in [2.05, 4.69) is 10.6 Å². The summed E-state index contributed by atoms with van der Waals surface area (Å²) in [7, 11) is 0. The van der Waals surface area contributed by atoms with Crippen molar-refractivity contribution in [3.8, 4) is 11.5 Å². The second-order valence-corrected chi connectivity index (χ2v) is 5.25. The van der Waals surface area contributed by atoms with Crippen LogP contribution < -0.4 is 20.1 Å². The average molecular weight is 290 g/mol. The zero-order chi connectivity index (χ0) is 13.8. The summed E-state index contributed by atoms with van der Waals surface area (Å²) >= 11 is 1.61. The van der Waals surface area contributed by atoms with Crippen molar-refractivity contribution in [1.29, 1.82) is 0 Å². The van der Waals surface area contributed by atoms with Crippen molar-refractivity contribution in [3.05, 3.63) is 40.6 Å². The van der Waals surface area contributed by atoms with Gasteiger partial charge >= 0.3 is 6.03 Å². The van der Waals surface area contributed by atoms with E-state index in [1.165, 1.54) is 0 Å². The van der Waals surface area contributed by atoms with Gasteiger partial charge in [-0.2, -0.15) is 0 Å². The Balaban J connectivity index is 1.64. The Labute approximate surface area is 120 Å². The number of hydrogen-bond acceptors (Lipinski definition) is 4. The van der Waals surface area contributed by atoms with E-state index >= 15 is 0 Å². The topological polar surface area (TPSA) is 59.6 Å². The fraction of sp³-hybridized carbons (Fsp3) is 0.214. The monoisotopic (exact) mass is 290 g/mol. The number of amides is 2. The summed E-state index contributed by atoms with van der Waals surface area (Å²) in [5.41, 5.74) is 0.617. The molecule has 5 nitrogen and oxygen atoms in total. The molecule has 2 N–H and O–H groups in total. The molecular weight excluding hydrogens is 276 g/mol. The van der Waals surface area contributed by atoms with Crippen LogP contribution in [0.25, 0.3) is 0 Å². The SMILES string of the molecule is O=C(NCc1cccs1)Nc1cccc2c1OCCO2. The highest BCUT2D eigenvalue weighted by Crippen LogP contribution is 2.37. The predicted octanol–water partition coefficient (Wildman–Crippen LogP) is 2.84. The van der Waals surface area contributed by atoms with E-state index in [1.807, 2.05) is 29.6 Å². The van der Waals surface area contributed by atoms with E-state index in [9.17, 15) is 4.79 Å². The molecule has 0 saturated carbocycles. The Hall–Kier alpha value is -2.21. The van der Waals surface area contributed by atoms with Crippen LogP contribution in [0.15, 0.2) is 35.7 Å². The number of rotatable bonds is 3. The fourth-order valence-corrected chi connectivity index (χ4v) is 2.56. The van der Waals surface area contributed by atoms with Crippen molar-refractivity contribution in [3.63, 3.8) is 0 Å². The van der Waals surface area contributed by atoms with Gasteiger partial charge in [-0.3, -0.25) is 0 Å². The number of carbonyl (C=O) groups is 1. The van der Waals surface area contributed by atoms with Crippen LogP contribution in [0.4, 0.5) is 10.5 Å². The summed E-state index contributed by atoms with van der Waals surface area (Å²) in [6.07, 6.45) is 0. The van der Waals surface area contributed by atoms with Gasteiger partial charge < -0.3 is 20.1 Å². The lowest BCUT2D eigenvalue weighted by Crippen LogP contribution is -2.28. The molecule has 0 aliphatic carbocycles. The van der Waals surface area contributed by atoms with E-state index in [4.69, 9.17) is 9.47 Å². The number of thiophene rings is 1. The zero-order valence-corrected chi connectivity index (χ0v) is 11.5. The maximum Gasteiger partial charge on any atom is 0.319 e. The molecule has 2 heterocycles. The van der Waals surface area contributed by atoms with E-state index in [0.29, 0.717) is 36.9 Å². The summed E-state index contributed by atoms with van der Waals surface area (Å²) < 4.78 is 11.0. The highest BCUT2D eigenvalue weighted by atomic mass is 32.1. The van der Waals surface area contributed by atoms with Crippen LogP contribution in [-0.2, 0) is 6.54 Å². The molecule has 104 valence electrons. The second-order valence-electron chi connectivity index (χ2n) is 4.22. The van der Waals surface area contributed by atoms with Crippen LogP contribution in [-0.4, -0.2) is 19.2 Å². The average Bonchev–Trinajstić information content (AvgIpc) is 2.99. The third-order valence-corrected chi connectivity index (χ3v) is 3.69. The molecule has 1 aromatic carbocycles.